The molecule has 16 heavy (non-hydrogen) atoms. The van der Waals surface area contributed by atoms with Crippen molar-refractivity contribution in [2.24, 2.45) is 5.92 Å². The van der Waals surface area contributed by atoms with Gasteiger partial charge in [-0.1, -0.05) is 17.7 Å². The highest BCUT2D eigenvalue weighted by Gasteiger charge is 2.18. The van der Waals surface area contributed by atoms with E-state index in [0.29, 0.717) is 18.4 Å². The van der Waals surface area contributed by atoms with Gasteiger partial charge >= 0.3 is 5.97 Å². The number of aliphatic carboxylic acids is 1. The molecule has 2 nitrogen and oxygen atoms in total. The van der Waals surface area contributed by atoms with Crippen LogP contribution < -0.4 is 0 Å². The molecule has 0 aliphatic heterocycles. The van der Waals surface area contributed by atoms with Gasteiger partial charge in [0.2, 0.25) is 0 Å². The zero-order valence-electron chi connectivity index (χ0n) is 9.24. The predicted molar refractivity (Wildman–Crippen MR) is 60.7 cm³/mol. The average molecular weight is 222 g/mol. The first kappa shape index (κ1) is 12.4. The first-order chi connectivity index (χ1) is 7.49. The summed E-state index contributed by atoms with van der Waals surface area (Å²) in [7, 11) is 0. The second kappa shape index (κ2) is 5.45. The molecule has 0 aliphatic carbocycles. The summed E-state index contributed by atoms with van der Waals surface area (Å²) in [6.07, 6.45) is 0.756. The zero-order valence-corrected chi connectivity index (χ0v) is 9.24. The first-order valence-electron chi connectivity index (χ1n) is 5.10. The van der Waals surface area contributed by atoms with Gasteiger partial charge in [0.25, 0.3) is 0 Å². The molecule has 3 heteroatoms. The van der Waals surface area contributed by atoms with E-state index in [1.54, 1.807) is 19.1 Å². The maximum Gasteiger partial charge on any atom is 0.307 e. The van der Waals surface area contributed by atoms with Crippen LogP contribution in [0.15, 0.2) is 36.4 Å². The maximum atomic E-state index is 12.9. The Morgan fingerprint density at radius 2 is 2.25 bits per heavy atom. The Hall–Kier alpha value is -1.64. The van der Waals surface area contributed by atoms with Crippen LogP contribution in [0.3, 0.4) is 0 Å². The van der Waals surface area contributed by atoms with Crippen LogP contribution in [0.1, 0.15) is 18.9 Å². The lowest BCUT2D eigenvalue weighted by Gasteiger charge is -2.12. The molecule has 1 N–H and O–H groups in total. The Balaban J connectivity index is 2.75. The highest BCUT2D eigenvalue weighted by molar-refractivity contribution is 5.70. The molecule has 1 atom stereocenters. The molecule has 1 aromatic carbocycles. The molecule has 0 aromatic heterocycles. The number of rotatable bonds is 5. The molecular formula is C13H15FO2. The van der Waals surface area contributed by atoms with Crippen molar-refractivity contribution in [3.05, 3.63) is 47.8 Å². The van der Waals surface area contributed by atoms with E-state index in [9.17, 15) is 9.18 Å². The van der Waals surface area contributed by atoms with Crippen molar-refractivity contribution in [2.75, 3.05) is 0 Å². The van der Waals surface area contributed by atoms with Crippen molar-refractivity contribution < 1.29 is 14.3 Å². The smallest absolute Gasteiger partial charge is 0.307 e. The largest absolute Gasteiger partial charge is 0.481 e. The van der Waals surface area contributed by atoms with Crippen LogP contribution in [-0.4, -0.2) is 11.1 Å². The Bertz CT molecular complexity index is 399. The van der Waals surface area contributed by atoms with Crippen LogP contribution in [0, 0.1) is 11.7 Å². The van der Waals surface area contributed by atoms with Crippen molar-refractivity contribution in [3.8, 4) is 0 Å². The van der Waals surface area contributed by atoms with Crippen molar-refractivity contribution in [2.45, 2.75) is 19.8 Å². The molecular weight excluding hydrogens is 207 g/mol. The van der Waals surface area contributed by atoms with E-state index in [1.165, 1.54) is 12.1 Å². The van der Waals surface area contributed by atoms with Crippen molar-refractivity contribution in [1.29, 1.82) is 0 Å². The molecule has 0 bridgehead atoms. The summed E-state index contributed by atoms with van der Waals surface area (Å²) >= 11 is 0. The fourth-order valence-corrected chi connectivity index (χ4v) is 1.62. The number of carbonyl (C=O) groups is 1. The minimum absolute atomic E-state index is 0.333. The summed E-state index contributed by atoms with van der Waals surface area (Å²) < 4.78 is 12.9. The highest BCUT2D eigenvalue weighted by atomic mass is 19.1. The van der Waals surface area contributed by atoms with Gasteiger partial charge in [-0.2, -0.15) is 0 Å². The fourth-order valence-electron chi connectivity index (χ4n) is 1.62. The molecule has 0 saturated heterocycles. The second-order valence-corrected chi connectivity index (χ2v) is 4.03. The van der Waals surface area contributed by atoms with E-state index in [-0.39, 0.29) is 5.82 Å². The minimum Gasteiger partial charge on any atom is -0.481 e. The lowest BCUT2D eigenvalue weighted by Crippen LogP contribution is -2.16. The second-order valence-electron chi connectivity index (χ2n) is 4.03. The summed E-state index contributed by atoms with van der Waals surface area (Å²) in [6, 6.07) is 6.04. The van der Waals surface area contributed by atoms with Crippen molar-refractivity contribution >= 4 is 5.97 Å². The van der Waals surface area contributed by atoms with E-state index in [0.717, 1.165) is 5.57 Å². The average Bonchev–Trinajstić information content (AvgIpc) is 2.15. The van der Waals surface area contributed by atoms with E-state index in [1.807, 2.05) is 0 Å². The molecule has 1 aromatic rings. The predicted octanol–water partition coefficient (Wildman–Crippen LogP) is 3.04. The van der Waals surface area contributed by atoms with Gasteiger partial charge in [0, 0.05) is 0 Å². The van der Waals surface area contributed by atoms with Crippen LogP contribution >= 0.6 is 0 Å². The Labute approximate surface area is 94.4 Å². The van der Waals surface area contributed by atoms with Gasteiger partial charge < -0.3 is 5.11 Å². The third kappa shape index (κ3) is 3.85. The number of halogens is 1. The topological polar surface area (TPSA) is 37.3 Å². The Morgan fingerprint density at radius 3 is 2.75 bits per heavy atom. The van der Waals surface area contributed by atoms with Gasteiger partial charge in [-0.25, -0.2) is 4.39 Å². The lowest BCUT2D eigenvalue weighted by atomic mass is 9.93. The highest BCUT2D eigenvalue weighted by Crippen LogP contribution is 2.17. The first-order valence-corrected chi connectivity index (χ1v) is 5.10. The number of allylic oxidation sites excluding steroid dienone is 1. The van der Waals surface area contributed by atoms with Crippen LogP contribution in [0.25, 0.3) is 0 Å². The van der Waals surface area contributed by atoms with E-state index in [2.05, 4.69) is 6.58 Å². The number of benzene rings is 1. The van der Waals surface area contributed by atoms with Gasteiger partial charge in [0.15, 0.2) is 0 Å². The van der Waals surface area contributed by atoms with Gasteiger partial charge in [0.05, 0.1) is 5.92 Å². The van der Waals surface area contributed by atoms with E-state index in [4.69, 9.17) is 5.11 Å². The Kier molecular flexibility index (Phi) is 4.23. The number of hydrogen-bond donors (Lipinski definition) is 1. The standard InChI is InChI=1S/C13H15FO2/c1-9(2)6-11(13(15)16)7-10-4-3-5-12(14)8-10/h3-5,8,11H,1,6-7H2,2H3,(H,15,16). The van der Waals surface area contributed by atoms with Gasteiger partial charge in [-0.3, -0.25) is 4.79 Å². The third-order valence-electron chi connectivity index (χ3n) is 2.32. The summed E-state index contributed by atoms with van der Waals surface area (Å²) in [5.74, 6) is -1.73. The van der Waals surface area contributed by atoms with E-state index < -0.39 is 11.9 Å². The monoisotopic (exact) mass is 222 g/mol. The SMILES string of the molecule is C=C(C)CC(Cc1cccc(F)c1)C(=O)O. The van der Waals surface area contributed by atoms with Crippen molar-refractivity contribution in [3.63, 3.8) is 0 Å². The van der Waals surface area contributed by atoms with Crippen LogP contribution in [-0.2, 0) is 11.2 Å². The fraction of sp³-hybridized carbons (Fsp3) is 0.308. The zero-order chi connectivity index (χ0) is 12.1. The van der Waals surface area contributed by atoms with Gasteiger partial charge in [-0.15, -0.1) is 6.58 Å². The summed E-state index contributed by atoms with van der Waals surface area (Å²) in [4.78, 5) is 11.0. The molecule has 0 amide bonds. The molecule has 0 aliphatic rings. The van der Waals surface area contributed by atoms with Gasteiger partial charge in [0.1, 0.15) is 5.82 Å². The molecule has 0 saturated carbocycles. The molecule has 0 heterocycles. The third-order valence-corrected chi connectivity index (χ3v) is 2.32. The summed E-state index contributed by atoms with van der Waals surface area (Å²) in [6.45, 7) is 5.49. The lowest BCUT2D eigenvalue weighted by molar-refractivity contribution is -0.141. The molecule has 0 spiro atoms. The van der Waals surface area contributed by atoms with Crippen LogP contribution in [0.2, 0.25) is 0 Å². The van der Waals surface area contributed by atoms with Crippen LogP contribution in [0.5, 0.6) is 0 Å². The maximum absolute atomic E-state index is 12.9. The summed E-state index contributed by atoms with van der Waals surface area (Å²) in [5, 5.41) is 9.02. The molecule has 1 rings (SSSR count). The number of hydrogen-bond acceptors (Lipinski definition) is 1. The van der Waals surface area contributed by atoms with E-state index >= 15 is 0 Å². The quantitative estimate of drug-likeness (QED) is 0.777. The normalized spacial score (nSPS) is 12.1. The molecule has 86 valence electrons. The molecule has 0 radical (unpaired) electrons. The minimum atomic E-state index is -0.868. The molecule has 1 unspecified atom stereocenters. The number of carboxylic acids is 1. The molecule has 0 fully saturated rings. The summed E-state index contributed by atoms with van der Waals surface area (Å²) in [5.41, 5.74) is 1.53. The number of carboxylic acid groups (broad SMARTS) is 1. The van der Waals surface area contributed by atoms with Gasteiger partial charge in [-0.05, 0) is 37.5 Å². The van der Waals surface area contributed by atoms with Crippen molar-refractivity contribution in [1.82, 2.24) is 0 Å². The van der Waals surface area contributed by atoms with Crippen LogP contribution in [0.4, 0.5) is 4.39 Å². The Morgan fingerprint density at radius 1 is 1.56 bits per heavy atom.